The summed E-state index contributed by atoms with van der Waals surface area (Å²) in [7, 11) is 0. The summed E-state index contributed by atoms with van der Waals surface area (Å²) in [6.45, 7) is 2.22. The van der Waals surface area contributed by atoms with E-state index in [1.54, 1.807) is 6.08 Å². The molecule has 1 aliphatic rings. The zero-order valence-corrected chi connectivity index (χ0v) is 10.3. The fourth-order valence-corrected chi connectivity index (χ4v) is 2.80. The van der Waals surface area contributed by atoms with Crippen molar-refractivity contribution < 1.29 is 4.79 Å². The number of allylic oxidation sites excluding steroid dienone is 1. The Balaban J connectivity index is 2.33. The van der Waals surface area contributed by atoms with Crippen LogP contribution in [-0.4, -0.2) is 6.29 Å². The molecule has 0 saturated carbocycles. The molecule has 0 aliphatic heterocycles. The monoisotopic (exact) mass is 234 g/mol. The molecule has 0 N–H and O–H groups in total. The summed E-state index contributed by atoms with van der Waals surface area (Å²) < 4.78 is 0. The van der Waals surface area contributed by atoms with Crippen molar-refractivity contribution in [3.63, 3.8) is 0 Å². The largest absolute Gasteiger partial charge is 0.299 e. The summed E-state index contributed by atoms with van der Waals surface area (Å²) >= 11 is 0. The van der Waals surface area contributed by atoms with E-state index in [2.05, 4.69) is 43.3 Å². The Morgan fingerprint density at radius 3 is 1.89 bits per heavy atom. The molecule has 3 rings (SSSR count). The summed E-state index contributed by atoms with van der Waals surface area (Å²) in [6, 6.07) is 16.7. The van der Waals surface area contributed by atoms with Gasteiger partial charge in [-0.2, -0.15) is 0 Å². The first kappa shape index (κ1) is 11.0. The van der Waals surface area contributed by atoms with Crippen molar-refractivity contribution in [1.29, 1.82) is 0 Å². The Morgan fingerprint density at radius 2 is 1.39 bits per heavy atom. The number of carbonyl (C=O) groups excluding carboxylic acids is 1. The van der Waals surface area contributed by atoms with Crippen LogP contribution in [0.25, 0.3) is 5.57 Å². The van der Waals surface area contributed by atoms with Crippen molar-refractivity contribution >= 4 is 11.9 Å². The maximum atomic E-state index is 10.9. The molecule has 0 atom stereocenters. The SMILES string of the molecule is CC1c2ccccc2C(=CC=O)c2ccccc21. The van der Waals surface area contributed by atoms with Crippen LogP contribution in [0.2, 0.25) is 0 Å². The van der Waals surface area contributed by atoms with E-state index >= 15 is 0 Å². The lowest BCUT2D eigenvalue weighted by molar-refractivity contribution is -0.104. The molecule has 1 nitrogen and oxygen atoms in total. The third-order valence-electron chi connectivity index (χ3n) is 3.67. The van der Waals surface area contributed by atoms with Crippen LogP contribution in [-0.2, 0) is 4.79 Å². The Hall–Kier alpha value is -2.15. The van der Waals surface area contributed by atoms with Gasteiger partial charge in [0.2, 0.25) is 0 Å². The van der Waals surface area contributed by atoms with Crippen molar-refractivity contribution in [2.75, 3.05) is 0 Å². The summed E-state index contributed by atoms with van der Waals surface area (Å²) in [5.41, 5.74) is 5.98. The summed E-state index contributed by atoms with van der Waals surface area (Å²) in [4.78, 5) is 10.9. The first-order valence-corrected chi connectivity index (χ1v) is 6.17. The average Bonchev–Trinajstić information content (AvgIpc) is 2.43. The van der Waals surface area contributed by atoms with Crippen LogP contribution in [0.4, 0.5) is 0 Å². The van der Waals surface area contributed by atoms with Gasteiger partial charge in [0.15, 0.2) is 0 Å². The Kier molecular flexibility index (Phi) is 2.60. The molecule has 0 bridgehead atoms. The van der Waals surface area contributed by atoms with Gasteiger partial charge < -0.3 is 0 Å². The molecule has 0 saturated heterocycles. The van der Waals surface area contributed by atoms with Crippen LogP contribution in [0.1, 0.15) is 35.1 Å². The van der Waals surface area contributed by atoms with Crippen LogP contribution < -0.4 is 0 Å². The molecule has 88 valence electrons. The normalized spacial score (nSPS) is 16.7. The third-order valence-corrected chi connectivity index (χ3v) is 3.67. The molecule has 0 amide bonds. The molecule has 2 aromatic carbocycles. The lowest BCUT2D eigenvalue weighted by atomic mass is 9.76. The number of hydrogen-bond acceptors (Lipinski definition) is 1. The van der Waals surface area contributed by atoms with Crippen molar-refractivity contribution in [2.45, 2.75) is 12.8 Å². The summed E-state index contributed by atoms with van der Waals surface area (Å²) in [5, 5.41) is 0. The Bertz CT molecular complexity index is 588. The zero-order valence-electron chi connectivity index (χ0n) is 10.3. The van der Waals surface area contributed by atoms with E-state index < -0.39 is 0 Å². The minimum Gasteiger partial charge on any atom is -0.299 e. The fourth-order valence-electron chi connectivity index (χ4n) is 2.80. The van der Waals surface area contributed by atoms with Crippen LogP contribution in [0.15, 0.2) is 54.6 Å². The van der Waals surface area contributed by atoms with Crippen molar-refractivity contribution in [1.82, 2.24) is 0 Å². The van der Waals surface area contributed by atoms with E-state index in [4.69, 9.17) is 0 Å². The predicted octanol–water partition coefficient (Wildman–Crippen LogP) is 3.78. The lowest BCUT2D eigenvalue weighted by Gasteiger charge is -2.27. The van der Waals surface area contributed by atoms with Gasteiger partial charge in [-0.3, -0.25) is 4.79 Å². The topological polar surface area (TPSA) is 17.1 Å². The maximum absolute atomic E-state index is 10.9. The van der Waals surface area contributed by atoms with Gasteiger partial charge in [-0.25, -0.2) is 0 Å². The van der Waals surface area contributed by atoms with Gasteiger partial charge >= 0.3 is 0 Å². The molecule has 18 heavy (non-hydrogen) atoms. The molecule has 0 heterocycles. The smallest absolute Gasteiger partial charge is 0.143 e. The molecule has 0 fully saturated rings. The Labute approximate surface area is 107 Å². The maximum Gasteiger partial charge on any atom is 0.143 e. The lowest BCUT2D eigenvalue weighted by Crippen LogP contribution is -2.10. The van der Waals surface area contributed by atoms with E-state index in [1.807, 2.05) is 12.1 Å². The fraction of sp³-hybridized carbons (Fsp3) is 0.118. The zero-order chi connectivity index (χ0) is 12.5. The number of carbonyl (C=O) groups is 1. The van der Waals surface area contributed by atoms with E-state index in [0.717, 1.165) is 11.9 Å². The van der Waals surface area contributed by atoms with Crippen LogP contribution in [0.3, 0.4) is 0 Å². The number of hydrogen-bond donors (Lipinski definition) is 0. The standard InChI is InChI=1S/C17H14O/c1-12-13-6-2-4-8-15(13)17(10-11-18)16-9-5-3-7-14(12)16/h2-12H,1H3. The highest BCUT2D eigenvalue weighted by Gasteiger charge is 2.24. The van der Waals surface area contributed by atoms with E-state index in [0.29, 0.717) is 5.92 Å². The highest BCUT2D eigenvalue weighted by Crippen LogP contribution is 2.41. The number of rotatable bonds is 1. The third kappa shape index (κ3) is 1.52. The van der Waals surface area contributed by atoms with Gasteiger partial charge in [-0.05, 0) is 33.9 Å². The second-order valence-corrected chi connectivity index (χ2v) is 4.61. The molecule has 0 aromatic heterocycles. The summed E-state index contributed by atoms with van der Waals surface area (Å²) in [5.74, 6) is 0.376. The number of benzene rings is 2. The molecule has 0 unspecified atom stereocenters. The van der Waals surface area contributed by atoms with Gasteiger partial charge in [-0.15, -0.1) is 0 Å². The molecule has 0 radical (unpaired) electrons. The second kappa shape index (κ2) is 4.26. The molecule has 0 spiro atoms. The van der Waals surface area contributed by atoms with E-state index in [-0.39, 0.29) is 0 Å². The van der Waals surface area contributed by atoms with E-state index in [1.165, 1.54) is 22.3 Å². The predicted molar refractivity (Wildman–Crippen MR) is 73.5 cm³/mol. The first-order valence-electron chi connectivity index (χ1n) is 6.17. The Morgan fingerprint density at radius 1 is 0.889 bits per heavy atom. The molecule has 1 heteroatoms. The average molecular weight is 234 g/mol. The molecular formula is C17H14O. The first-order chi connectivity index (χ1) is 8.83. The highest BCUT2D eigenvalue weighted by molar-refractivity contribution is 5.93. The van der Waals surface area contributed by atoms with Gasteiger partial charge in [0.1, 0.15) is 6.29 Å². The van der Waals surface area contributed by atoms with Crippen molar-refractivity contribution in [2.24, 2.45) is 0 Å². The quantitative estimate of drug-likeness (QED) is 0.542. The van der Waals surface area contributed by atoms with Gasteiger partial charge in [0.25, 0.3) is 0 Å². The van der Waals surface area contributed by atoms with Crippen LogP contribution in [0, 0.1) is 0 Å². The van der Waals surface area contributed by atoms with Gasteiger partial charge in [0.05, 0.1) is 0 Å². The van der Waals surface area contributed by atoms with Gasteiger partial charge in [0, 0.05) is 5.92 Å². The van der Waals surface area contributed by atoms with Crippen LogP contribution >= 0.6 is 0 Å². The minimum atomic E-state index is 0.376. The van der Waals surface area contributed by atoms with E-state index in [9.17, 15) is 4.79 Å². The minimum absolute atomic E-state index is 0.376. The van der Waals surface area contributed by atoms with Gasteiger partial charge in [-0.1, -0.05) is 55.5 Å². The molecule has 1 aliphatic carbocycles. The van der Waals surface area contributed by atoms with Crippen molar-refractivity contribution in [3.05, 3.63) is 76.9 Å². The summed E-state index contributed by atoms with van der Waals surface area (Å²) in [6.07, 6.45) is 2.54. The highest BCUT2D eigenvalue weighted by atomic mass is 16.1. The van der Waals surface area contributed by atoms with Crippen LogP contribution in [0.5, 0.6) is 0 Å². The molecule has 2 aromatic rings. The van der Waals surface area contributed by atoms with Crippen molar-refractivity contribution in [3.8, 4) is 0 Å². The number of aldehydes is 1. The second-order valence-electron chi connectivity index (χ2n) is 4.61. The number of fused-ring (bicyclic) bond motifs is 2. The molecular weight excluding hydrogens is 220 g/mol.